The van der Waals surface area contributed by atoms with Crippen molar-refractivity contribution >= 4 is 10.9 Å². The molecule has 0 spiro atoms. The topological polar surface area (TPSA) is 28.3 Å². The highest BCUT2D eigenvalue weighted by atomic mass is 16.5. The zero-order valence-electron chi connectivity index (χ0n) is 14.8. The van der Waals surface area contributed by atoms with Crippen molar-refractivity contribution in [3.05, 3.63) is 35.5 Å². The number of morpholine rings is 1. The Balaban J connectivity index is 1.68. The molecule has 0 aliphatic carbocycles. The second-order valence-corrected chi connectivity index (χ2v) is 7.33. The van der Waals surface area contributed by atoms with Gasteiger partial charge in [0.25, 0.3) is 0 Å². The second kappa shape index (κ2) is 7.50. The average molecular weight is 314 g/mol. The van der Waals surface area contributed by atoms with Crippen LogP contribution < -0.4 is 0 Å². The number of aryl methyl sites for hydroxylation is 1. The smallest absolute Gasteiger partial charge is 0.0594 e. The van der Waals surface area contributed by atoms with Gasteiger partial charge in [0.2, 0.25) is 0 Å². The normalized spacial score (nSPS) is 17.9. The third-order valence-electron chi connectivity index (χ3n) is 5.02. The van der Waals surface area contributed by atoms with Crippen LogP contribution in [0.15, 0.2) is 24.4 Å². The summed E-state index contributed by atoms with van der Waals surface area (Å²) in [4.78, 5) is 6.01. The first-order valence-corrected chi connectivity index (χ1v) is 9.04. The van der Waals surface area contributed by atoms with E-state index >= 15 is 0 Å². The van der Waals surface area contributed by atoms with E-state index in [9.17, 15) is 0 Å². The standard InChI is InChI=1S/C20H30N2O/c1-15(2)4-6-18-14-21-20-13-17(5-7-19(18)20)12-16(3)22-8-10-23-11-9-22/h5,7,13-16,21H,4,6,8-12H2,1-3H3. The molecule has 1 fully saturated rings. The fourth-order valence-corrected chi connectivity index (χ4v) is 3.50. The number of fused-ring (bicyclic) bond motifs is 1. The lowest BCUT2D eigenvalue weighted by molar-refractivity contribution is 0.0203. The van der Waals surface area contributed by atoms with Crippen molar-refractivity contribution in [3.8, 4) is 0 Å². The van der Waals surface area contributed by atoms with E-state index in [1.54, 1.807) is 0 Å². The van der Waals surface area contributed by atoms with Gasteiger partial charge in [-0.15, -0.1) is 0 Å². The third kappa shape index (κ3) is 4.15. The summed E-state index contributed by atoms with van der Waals surface area (Å²) in [5.74, 6) is 0.758. The summed E-state index contributed by atoms with van der Waals surface area (Å²) in [5.41, 5.74) is 4.17. The van der Waals surface area contributed by atoms with Crippen molar-refractivity contribution in [3.63, 3.8) is 0 Å². The van der Waals surface area contributed by atoms with E-state index in [0.29, 0.717) is 6.04 Å². The van der Waals surface area contributed by atoms with Crippen LogP contribution in [0.1, 0.15) is 38.3 Å². The first-order chi connectivity index (χ1) is 11.1. The van der Waals surface area contributed by atoms with Gasteiger partial charge in [-0.25, -0.2) is 0 Å². The fraction of sp³-hybridized carbons (Fsp3) is 0.600. The quantitative estimate of drug-likeness (QED) is 0.872. The first-order valence-electron chi connectivity index (χ1n) is 9.04. The molecular formula is C20H30N2O. The highest BCUT2D eigenvalue weighted by Crippen LogP contribution is 2.23. The van der Waals surface area contributed by atoms with Crippen molar-refractivity contribution in [2.24, 2.45) is 5.92 Å². The molecule has 3 heteroatoms. The zero-order chi connectivity index (χ0) is 16.2. The maximum Gasteiger partial charge on any atom is 0.0594 e. The highest BCUT2D eigenvalue weighted by Gasteiger charge is 2.17. The van der Waals surface area contributed by atoms with E-state index in [-0.39, 0.29) is 0 Å². The Morgan fingerprint density at radius 3 is 2.70 bits per heavy atom. The number of H-pyrrole nitrogens is 1. The number of aromatic nitrogens is 1. The Bertz CT molecular complexity index is 626. The minimum absolute atomic E-state index is 0.576. The number of aromatic amines is 1. The SMILES string of the molecule is CC(C)CCc1c[nH]c2cc(CC(C)N3CCOCC3)ccc12. The lowest BCUT2D eigenvalue weighted by atomic mass is 10.00. The molecule has 23 heavy (non-hydrogen) atoms. The van der Waals surface area contributed by atoms with E-state index in [4.69, 9.17) is 4.74 Å². The fourth-order valence-electron chi connectivity index (χ4n) is 3.50. The van der Waals surface area contributed by atoms with Crippen molar-refractivity contribution in [2.45, 2.75) is 46.1 Å². The Morgan fingerprint density at radius 1 is 1.17 bits per heavy atom. The zero-order valence-corrected chi connectivity index (χ0v) is 14.8. The molecule has 0 bridgehead atoms. The van der Waals surface area contributed by atoms with E-state index in [1.165, 1.54) is 34.9 Å². The summed E-state index contributed by atoms with van der Waals surface area (Å²) >= 11 is 0. The number of hydrogen-bond donors (Lipinski definition) is 1. The van der Waals surface area contributed by atoms with Crippen LogP contribution in [0.3, 0.4) is 0 Å². The number of nitrogens with zero attached hydrogens (tertiary/aromatic N) is 1. The van der Waals surface area contributed by atoms with Gasteiger partial charge in [-0.05, 0) is 49.3 Å². The number of hydrogen-bond acceptors (Lipinski definition) is 2. The lowest BCUT2D eigenvalue weighted by Gasteiger charge is -2.32. The largest absolute Gasteiger partial charge is 0.379 e. The molecule has 2 aromatic rings. The van der Waals surface area contributed by atoms with Gasteiger partial charge in [0.1, 0.15) is 0 Å². The molecule has 0 saturated carbocycles. The van der Waals surface area contributed by atoms with Gasteiger partial charge in [-0.3, -0.25) is 4.90 Å². The Kier molecular flexibility index (Phi) is 5.39. The van der Waals surface area contributed by atoms with E-state index in [0.717, 1.165) is 38.6 Å². The maximum absolute atomic E-state index is 5.45. The van der Waals surface area contributed by atoms with Crippen LogP contribution in [-0.2, 0) is 17.6 Å². The van der Waals surface area contributed by atoms with Gasteiger partial charge in [0, 0.05) is 36.2 Å². The van der Waals surface area contributed by atoms with Crippen LogP contribution in [0.2, 0.25) is 0 Å². The molecule has 3 nitrogen and oxygen atoms in total. The average Bonchev–Trinajstić information content (AvgIpc) is 2.96. The summed E-state index contributed by atoms with van der Waals surface area (Å²) in [6, 6.07) is 7.53. The summed E-state index contributed by atoms with van der Waals surface area (Å²) in [7, 11) is 0. The molecule has 1 unspecified atom stereocenters. The highest BCUT2D eigenvalue weighted by molar-refractivity contribution is 5.83. The molecule has 1 N–H and O–H groups in total. The molecule has 1 aromatic heterocycles. The Hall–Kier alpha value is -1.32. The molecular weight excluding hydrogens is 284 g/mol. The number of nitrogens with one attached hydrogen (secondary N) is 1. The van der Waals surface area contributed by atoms with Crippen molar-refractivity contribution in [1.82, 2.24) is 9.88 Å². The lowest BCUT2D eigenvalue weighted by Crippen LogP contribution is -2.43. The summed E-state index contributed by atoms with van der Waals surface area (Å²) in [5, 5.41) is 1.40. The van der Waals surface area contributed by atoms with Gasteiger partial charge < -0.3 is 9.72 Å². The molecule has 1 saturated heterocycles. The monoisotopic (exact) mass is 314 g/mol. The molecule has 1 aliphatic rings. The van der Waals surface area contributed by atoms with Gasteiger partial charge in [0.15, 0.2) is 0 Å². The van der Waals surface area contributed by atoms with Crippen LogP contribution in [0.25, 0.3) is 10.9 Å². The summed E-state index contributed by atoms with van der Waals surface area (Å²) < 4.78 is 5.45. The van der Waals surface area contributed by atoms with E-state index in [1.807, 2.05) is 0 Å². The van der Waals surface area contributed by atoms with Gasteiger partial charge in [-0.2, -0.15) is 0 Å². The number of rotatable bonds is 6. The van der Waals surface area contributed by atoms with Crippen LogP contribution in [-0.4, -0.2) is 42.2 Å². The predicted molar refractivity (Wildman–Crippen MR) is 97.0 cm³/mol. The maximum atomic E-state index is 5.45. The predicted octanol–water partition coefficient (Wildman–Crippen LogP) is 4.02. The van der Waals surface area contributed by atoms with Gasteiger partial charge in [-0.1, -0.05) is 26.0 Å². The second-order valence-electron chi connectivity index (χ2n) is 7.33. The molecule has 2 heterocycles. The first kappa shape index (κ1) is 16.5. The molecule has 126 valence electrons. The minimum atomic E-state index is 0.576. The Labute approximate surface area is 140 Å². The molecule has 1 aromatic carbocycles. The number of benzene rings is 1. The minimum Gasteiger partial charge on any atom is -0.379 e. The molecule has 0 radical (unpaired) electrons. The van der Waals surface area contributed by atoms with E-state index < -0.39 is 0 Å². The Morgan fingerprint density at radius 2 is 1.96 bits per heavy atom. The van der Waals surface area contributed by atoms with Crippen LogP contribution in [0, 0.1) is 5.92 Å². The third-order valence-corrected chi connectivity index (χ3v) is 5.02. The van der Waals surface area contributed by atoms with E-state index in [2.05, 4.69) is 55.1 Å². The number of ether oxygens (including phenoxy) is 1. The van der Waals surface area contributed by atoms with Crippen molar-refractivity contribution < 1.29 is 4.74 Å². The van der Waals surface area contributed by atoms with Crippen molar-refractivity contribution in [1.29, 1.82) is 0 Å². The summed E-state index contributed by atoms with van der Waals surface area (Å²) in [6.45, 7) is 10.8. The van der Waals surface area contributed by atoms with Crippen LogP contribution in [0.5, 0.6) is 0 Å². The van der Waals surface area contributed by atoms with Crippen molar-refractivity contribution in [2.75, 3.05) is 26.3 Å². The van der Waals surface area contributed by atoms with Crippen LogP contribution in [0.4, 0.5) is 0 Å². The molecule has 3 rings (SSSR count). The van der Waals surface area contributed by atoms with Gasteiger partial charge >= 0.3 is 0 Å². The molecule has 1 aliphatic heterocycles. The molecule has 1 atom stereocenters. The summed E-state index contributed by atoms with van der Waals surface area (Å²) in [6.07, 6.45) is 5.72. The molecule has 0 amide bonds. The van der Waals surface area contributed by atoms with Gasteiger partial charge in [0.05, 0.1) is 13.2 Å². The van der Waals surface area contributed by atoms with Crippen LogP contribution >= 0.6 is 0 Å².